The SMILES string of the molecule is CN(NCCC(=O)O)C(=O)N1CCC[C@H]1C(=O)OC(C)(C)C. The number of urea groups is 1. The minimum atomic E-state index is -0.943. The number of carbonyl (C=O) groups excluding carboxylic acids is 2. The molecule has 8 nitrogen and oxygen atoms in total. The van der Waals surface area contributed by atoms with Crippen LogP contribution in [0.15, 0.2) is 0 Å². The number of esters is 1. The zero-order chi connectivity index (χ0) is 16.9. The van der Waals surface area contributed by atoms with E-state index in [2.05, 4.69) is 5.43 Å². The van der Waals surface area contributed by atoms with Crippen molar-refractivity contribution in [1.29, 1.82) is 0 Å². The van der Waals surface area contributed by atoms with Crippen molar-refractivity contribution in [3.8, 4) is 0 Å². The molecule has 1 saturated heterocycles. The number of hydrogen-bond donors (Lipinski definition) is 2. The van der Waals surface area contributed by atoms with Gasteiger partial charge in [0.1, 0.15) is 11.6 Å². The molecule has 0 aliphatic carbocycles. The molecule has 0 radical (unpaired) electrons. The first-order chi connectivity index (χ1) is 10.1. The second-order valence-electron chi connectivity index (χ2n) is 6.28. The minimum Gasteiger partial charge on any atom is -0.481 e. The summed E-state index contributed by atoms with van der Waals surface area (Å²) >= 11 is 0. The smallest absolute Gasteiger partial charge is 0.334 e. The van der Waals surface area contributed by atoms with Gasteiger partial charge in [-0.3, -0.25) is 9.80 Å². The zero-order valence-corrected chi connectivity index (χ0v) is 13.6. The molecule has 1 heterocycles. The van der Waals surface area contributed by atoms with Crippen molar-refractivity contribution in [2.75, 3.05) is 20.1 Å². The molecule has 1 fully saturated rings. The highest BCUT2D eigenvalue weighted by Gasteiger charge is 2.38. The van der Waals surface area contributed by atoms with E-state index in [-0.39, 0.29) is 19.0 Å². The Balaban J connectivity index is 2.59. The van der Waals surface area contributed by atoms with E-state index in [4.69, 9.17) is 9.84 Å². The van der Waals surface area contributed by atoms with Gasteiger partial charge in [-0.05, 0) is 33.6 Å². The monoisotopic (exact) mass is 315 g/mol. The summed E-state index contributed by atoms with van der Waals surface area (Å²) in [5.74, 6) is -1.35. The first kappa shape index (κ1) is 18.2. The number of hydrogen-bond acceptors (Lipinski definition) is 5. The molecule has 0 aromatic carbocycles. The van der Waals surface area contributed by atoms with Gasteiger partial charge in [-0.2, -0.15) is 0 Å². The lowest BCUT2D eigenvalue weighted by Crippen LogP contribution is -2.52. The van der Waals surface area contributed by atoms with Crippen LogP contribution in [0.3, 0.4) is 0 Å². The van der Waals surface area contributed by atoms with Gasteiger partial charge in [0.05, 0.1) is 6.42 Å². The number of ether oxygens (including phenoxy) is 1. The molecular weight excluding hydrogens is 290 g/mol. The standard InChI is InChI=1S/C14H25N3O5/c1-14(2,3)22-12(20)10-6-5-9-17(10)13(21)16(4)15-8-7-11(18)19/h10,15H,5-9H2,1-4H3,(H,18,19)/t10-/m0/s1. The molecule has 22 heavy (non-hydrogen) atoms. The minimum absolute atomic E-state index is 0.0902. The molecule has 0 spiro atoms. The lowest BCUT2D eigenvalue weighted by molar-refractivity contribution is -0.159. The number of amides is 2. The van der Waals surface area contributed by atoms with E-state index in [1.54, 1.807) is 20.8 Å². The van der Waals surface area contributed by atoms with Crippen LogP contribution in [-0.4, -0.2) is 64.8 Å². The molecule has 126 valence electrons. The van der Waals surface area contributed by atoms with E-state index in [0.717, 1.165) is 6.42 Å². The lowest BCUT2D eigenvalue weighted by atomic mass is 10.1. The van der Waals surface area contributed by atoms with Gasteiger partial charge in [-0.25, -0.2) is 15.0 Å². The molecule has 1 aliphatic heterocycles. The van der Waals surface area contributed by atoms with E-state index in [1.807, 2.05) is 0 Å². The number of likely N-dealkylation sites (tertiary alicyclic amines) is 1. The predicted octanol–water partition coefficient (Wildman–Crippen LogP) is 0.824. The number of nitrogens with zero attached hydrogens (tertiary/aromatic N) is 2. The fourth-order valence-corrected chi connectivity index (χ4v) is 2.20. The van der Waals surface area contributed by atoms with Crippen LogP contribution in [0.1, 0.15) is 40.0 Å². The highest BCUT2D eigenvalue weighted by Crippen LogP contribution is 2.22. The van der Waals surface area contributed by atoms with Crippen LogP contribution in [0.4, 0.5) is 4.79 Å². The Morgan fingerprint density at radius 3 is 2.55 bits per heavy atom. The highest BCUT2D eigenvalue weighted by molar-refractivity contribution is 5.84. The maximum Gasteiger partial charge on any atom is 0.334 e. The molecule has 2 amide bonds. The molecule has 0 aromatic heterocycles. The van der Waals surface area contributed by atoms with Crippen LogP contribution in [0.5, 0.6) is 0 Å². The third-order valence-electron chi connectivity index (χ3n) is 3.15. The van der Waals surface area contributed by atoms with Gasteiger partial charge < -0.3 is 14.7 Å². The highest BCUT2D eigenvalue weighted by atomic mass is 16.6. The van der Waals surface area contributed by atoms with E-state index >= 15 is 0 Å². The molecular formula is C14H25N3O5. The van der Waals surface area contributed by atoms with Gasteiger partial charge in [0, 0.05) is 20.1 Å². The molecule has 1 atom stereocenters. The average Bonchev–Trinajstić information content (AvgIpc) is 2.84. The molecule has 0 unspecified atom stereocenters. The molecule has 0 aromatic rings. The summed E-state index contributed by atoms with van der Waals surface area (Å²) in [4.78, 5) is 36.4. The number of hydrazine groups is 1. The largest absolute Gasteiger partial charge is 0.481 e. The number of rotatable bonds is 5. The number of carboxylic acid groups (broad SMARTS) is 1. The quantitative estimate of drug-likeness (QED) is 0.576. The van der Waals surface area contributed by atoms with Gasteiger partial charge >= 0.3 is 18.0 Å². The molecule has 1 aliphatic rings. The number of aliphatic carboxylic acids is 1. The van der Waals surface area contributed by atoms with Crippen molar-refractivity contribution in [2.45, 2.75) is 51.7 Å². The van der Waals surface area contributed by atoms with Crippen LogP contribution < -0.4 is 5.43 Å². The van der Waals surface area contributed by atoms with E-state index in [1.165, 1.54) is 17.0 Å². The first-order valence-corrected chi connectivity index (χ1v) is 7.34. The van der Waals surface area contributed by atoms with Crippen LogP contribution in [0.25, 0.3) is 0 Å². The molecule has 0 saturated carbocycles. The van der Waals surface area contributed by atoms with Crippen molar-refractivity contribution < 1.29 is 24.2 Å². The summed E-state index contributed by atoms with van der Waals surface area (Å²) < 4.78 is 5.34. The summed E-state index contributed by atoms with van der Waals surface area (Å²) in [6.07, 6.45) is 1.22. The van der Waals surface area contributed by atoms with Gasteiger partial charge in [-0.15, -0.1) is 0 Å². The topological polar surface area (TPSA) is 99.2 Å². The van der Waals surface area contributed by atoms with Crippen molar-refractivity contribution in [3.63, 3.8) is 0 Å². The van der Waals surface area contributed by atoms with E-state index < -0.39 is 23.6 Å². The first-order valence-electron chi connectivity index (χ1n) is 7.34. The van der Waals surface area contributed by atoms with E-state index in [9.17, 15) is 14.4 Å². The van der Waals surface area contributed by atoms with Crippen LogP contribution in [0, 0.1) is 0 Å². The second-order valence-corrected chi connectivity index (χ2v) is 6.28. The summed E-state index contributed by atoms with van der Waals surface area (Å²) in [5, 5.41) is 9.80. The van der Waals surface area contributed by atoms with Crippen molar-refractivity contribution >= 4 is 18.0 Å². The van der Waals surface area contributed by atoms with Crippen LogP contribution in [-0.2, 0) is 14.3 Å². The predicted molar refractivity (Wildman–Crippen MR) is 79.0 cm³/mol. The van der Waals surface area contributed by atoms with E-state index in [0.29, 0.717) is 13.0 Å². The third-order valence-corrected chi connectivity index (χ3v) is 3.15. The van der Waals surface area contributed by atoms with Crippen LogP contribution >= 0.6 is 0 Å². The normalized spacial score (nSPS) is 18.2. The molecule has 2 N–H and O–H groups in total. The van der Waals surface area contributed by atoms with Crippen molar-refractivity contribution in [2.24, 2.45) is 0 Å². The summed E-state index contributed by atoms with van der Waals surface area (Å²) in [5.41, 5.74) is 2.11. The van der Waals surface area contributed by atoms with Gasteiger partial charge in [0.15, 0.2) is 0 Å². The lowest BCUT2D eigenvalue weighted by Gasteiger charge is -2.30. The zero-order valence-electron chi connectivity index (χ0n) is 13.6. The maximum atomic E-state index is 12.3. The molecule has 8 heteroatoms. The Hall–Kier alpha value is -1.83. The average molecular weight is 315 g/mol. The fourth-order valence-electron chi connectivity index (χ4n) is 2.20. The Morgan fingerprint density at radius 1 is 1.36 bits per heavy atom. The van der Waals surface area contributed by atoms with Crippen molar-refractivity contribution in [3.05, 3.63) is 0 Å². The fraction of sp³-hybridized carbons (Fsp3) is 0.786. The Kier molecular flexibility index (Phi) is 6.16. The molecule has 1 rings (SSSR count). The van der Waals surface area contributed by atoms with Crippen LogP contribution in [0.2, 0.25) is 0 Å². The van der Waals surface area contributed by atoms with Crippen molar-refractivity contribution in [1.82, 2.24) is 15.3 Å². The summed E-state index contributed by atoms with van der Waals surface area (Å²) in [6, 6.07) is -0.950. The van der Waals surface area contributed by atoms with Gasteiger partial charge in [0.2, 0.25) is 0 Å². The Labute approximate surface area is 130 Å². The number of nitrogens with one attached hydrogen (secondary N) is 1. The third kappa shape index (κ3) is 5.51. The Bertz CT molecular complexity index is 433. The summed E-state index contributed by atoms with van der Waals surface area (Å²) in [7, 11) is 1.51. The van der Waals surface area contributed by atoms with Gasteiger partial charge in [0.25, 0.3) is 0 Å². The number of carboxylic acids is 1. The number of carbonyl (C=O) groups is 3. The molecule has 0 bridgehead atoms. The van der Waals surface area contributed by atoms with Gasteiger partial charge in [-0.1, -0.05) is 0 Å². The Morgan fingerprint density at radius 2 is 2.00 bits per heavy atom. The second kappa shape index (κ2) is 7.44. The summed E-state index contributed by atoms with van der Waals surface area (Å²) in [6.45, 7) is 5.97. The maximum absolute atomic E-state index is 12.3.